The Bertz CT molecular complexity index is 995. The third kappa shape index (κ3) is 3.44. The van der Waals surface area contributed by atoms with Gasteiger partial charge in [-0.1, -0.05) is 30.3 Å². The molecule has 2 aromatic carbocycles. The molecule has 1 amide bonds. The van der Waals surface area contributed by atoms with E-state index in [1.807, 2.05) is 0 Å². The molecule has 0 saturated carbocycles. The minimum absolute atomic E-state index is 0.318. The molecule has 7 nitrogen and oxygen atoms in total. The van der Waals surface area contributed by atoms with E-state index in [-0.39, 0.29) is 0 Å². The van der Waals surface area contributed by atoms with Gasteiger partial charge in [0.1, 0.15) is 17.2 Å². The Balaban J connectivity index is 2.00. The Labute approximate surface area is 156 Å². The molecule has 0 saturated heterocycles. The van der Waals surface area contributed by atoms with E-state index in [1.165, 1.54) is 7.11 Å². The Kier molecular flexibility index (Phi) is 5.03. The molecule has 140 valence electrons. The number of fused-ring (bicyclic) bond motifs is 1. The number of amides is 1. The first-order valence-electron chi connectivity index (χ1n) is 8.26. The van der Waals surface area contributed by atoms with Crippen LogP contribution in [0.15, 0.2) is 48.5 Å². The number of nitrogens with zero attached hydrogens (tertiary/aromatic N) is 1. The van der Waals surface area contributed by atoms with Gasteiger partial charge in [0.15, 0.2) is 6.04 Å². The highest BCUT2D eigenvalue weighted by Gasteiger charge is 2.25. The van der Waals surface area contributed by atoms with Crippen LogP contribution in [0.25, 0.3) is 10.9 Å². The molecule has 2 N–H and O–H groups in total. The molecule has 1 heterocycles. The second kappa shape index (κ2) is 7.41. The molecule has 27 heavy (non-hydrogen) atoms. The van der Waals surface area contributed by atoms with Gasteiger partial charge in [0.2, 0.25) is 0 Å². The monoisotopic (exact) mass is 368 g/mol. The van der Waals surface area contributed by atoms with Crippen LogP contribution in [0.1, 0.15) is 22.1 Å². The number of aliphatic carboxylic acids is 1. The smallest absolute Gasteiger partial charge is 0.330 e. The Hall–Kier alpha value is -3.48. The zero-order valence-electron chi connectivity index (χ0n) is 15.2. The lowest BCUT2D eigenvalue weighted by Gasteiger charge is -2.15. The fourth-order valence-corrected chi connectivity index (χ4v) is 3.02. The number of methoxy groups -OCH3 is 2. The normalized spacial score (nSPS) is 11.8. The average Bonchev–Trinajstić information content (AvgIpc) is 3.02. The van der Waals surface area contributed by atoms with E-state index in [0.29, 0.717) is 22.8 Å². The summed E-state index contributed by atoms with van der Waals surface area (Å²) in [6.07, 6.45) is 0. The maximum absolute atomic E-state index is 12.8. The van der Waals surface area contributed by atoms with Gasteiger partial charge in [-0.3, -0.25) is 4.79 Å². The van der Waals surface area contributed by atoms with Crippen LogP contribution in [0.5, 0.6) is 11.5 Å². The minimum Gasteiger partial charge on any atom is -0.497 e. The van der Waals surface area contributed by atoms with Crippen molar-refractivity contribution < 1.29 is 24.2 Å². The lowest BCUT2D eigenvalue weighted by atomic mass is 10.1. The molecule has 0 radical (unpaired) electrons. The molecular formula is C20H20N2O5. The molecular weight excluding hydrogens is 348 g/mol. The highest BCUT2D eigenvalue weighted by atomic mass is 16.5. The number of carboxylic acids is 1. The van der Waals surface area contributed by atoms with Crippen LogP contribution in [0, 0.1) is 0 Å². The summed E-state index contributed by atoms with van der Waals surface area (Å²) in [5.41, 5.74) is 1.55. The van der Waals surface area contributed by atoms with Crippen molar-refractivity contribution >= 4 is 22.8 Å². The van der Waals surface area contributed by atoms with E-state index >= 15 is 0 Å². The van der Waals surface area contributed by atoms with Crippen molar-refractivity contribution in [2.45, 2.75) is 6.04 Å². The standard InChI is InChI=1S/C20H20N2O5/c1-22-15-9-13(26-2)10-17(27-3)14(15)11-16(22)19(23)21-18(20(24)25)12-7-5-4-6-8-12/h4-11,18H,1-3H3,(H,21,23)(H,24,25). The summed E-state index contributed by atoms with van der Waals surface area (Å²) in [7, 11) is 4.82. The number of aromatic nitrogens is 1. The number of hydrogen-bond donors (Lipinski definition) is 2. The van der Waals surface area contributed by atoms with E-state index in [9.17, 15) is 14.7 Å². The maximum atomic E-state index is 12.8. The number of rotatable bonds is 6. The fourth-order valence-electron chi connectivity index (χ4n) is 3.02. The molecule has 0 aliphatic heterocycles. The highest BCUT2D eigenvalue weighted by Crippen LogP contribution is 2.33. The predicted molar refractivity (Wildman–Crippen MR) is 100 cm³/mol. The third-order valence-corrected chi connectivity index (χ3v) is 4.44. The van der Waals surface area contributed by atoms with E-state index in [0.717, 1.165) is 10.9 Å². The Morgan fingerprint density at radius 3 is 2.37 bits per heavy atom. The molecule has 0 bridgehead atoms. The lowest BCUT2D eigenvalue weighted by Crippen LogP contribution is -2.34. The third-order valence-electron chi connectivity index (χ3n) is 4.44. The van der Waals surface area contributed by atoms with Gasteiger partial charge < -0.3 is 24.5 Å². The highest BCUT2D eigenvalue weighted by molar-refractivity contribution is 6.02. The molecule has 3 rings (SSSR count). The van der Waals surface area contributed by atoms with Crippen molar-refractivity contribution in [3.63, 3.8) is 0 Å². The summed E-state index contributed by atoms with van der Waals surface area (Å²) in [5.74, 6) is -0.462. The van der Waals surface area contributed by atoms with Crippen molar-refractivity contribution in [3.05, 3.63) is 59.8 Å². The second-order valence-electron chi connectivity index (χ2n) is 6.01. The number of carbonyl (C=O) groups is 2. The number of carboxylic acid groups (broad SMARTS) is 1. The summed E-state index contributed by atoms with van der Waals surface area (Å²) in [6.45, 7) is 0. The number of aryl methyl sites for hydroxylation is 1. The topological polar surface area (TPSA) is 89.8 Å². The van der Waals surface area contributed by atoms with Gasteiger partial charge in [0.05, 0.1) is 19.7 Å². The van der Waals surface area contributed by atoms with Gasteiger partial charge >= 0.3 is 5.97 Å². The molecule has 1 unspecified atom stereocenters. The second-order valence-corrected chi connectivity index (χ2v) is 6.01. The summed E-state index contributed by atoms with van der Waals surface area (Å²) in [5, 5.41) is 12.8. The molecule has 0 aliphatic carbocycles. The molecule has 0 spiro atoms. The van der Waals surface area contributed by atoms with Gasteiger partial charge in [-0.2, -0.15) is 0 Å². The van der Waals surface area contributed by atoms with Crippen LogP contribution in [0.4, 0.5) is 0 Å². The number of hydrogen-bond acceptors (Lipinski definition) is 4. The Morgan fingerprint density at radius 2 is 1.78 bits per heavy atom. The van der Waals surface area contributed by atoms with Crippen molar-refractivity contribution in [3.8, 4) is 11.5 Å². The van der Waals surface area contributed by atoms with Crippen LogP contribution < -0.4 is 14.8 Å². The number of carbonyl (C=O) groups excluding carboxylic acids is 1. The van der Waals surface area contributed by atoms with Crippen LogP contribution in [-0.4, -0.2) is 35.8 Å². The number of ether oxygens (including phenoxy) is 2. The largest absolute Gasteiger partial charge is 0.497 e. The van der Waals surface area contributed by atoms with Gasteiger partial charge in [-0.25, -0.2) is 4.79 Å². The summed E-state index contributed by atoms with van der Waals surface area (Å²) in [6, 6.07) is 12.6. The van der Waals surface area contributed by atoms with Gasteiger partial charge in [0, 0.05) is 24.6 Å². The van der Waals surface area contributed by atoms with E-state index < -0.39 is 17.9 Å². The quantitative estimate of drug-likeness (QED) is 0.698. The lowest BCUT2D eigenvalue weighted by molar-refractivity contribution is -0.139. The van der Waals surface area contributed by atoms with E-state index in [2.05, 4.69) is 5.32 Å². The fraction of sp³-hybridized carbons (Fsp3) is 0.200. The predicted octanol–water partition coefficient (Wildman–Crippen LogP) is 2.75. The summed E-state index contributed by atoms with van der Waals surface area (Å²) in [4.78, 5) is 24.5. The van der Waals surface area contributed by atoms with Crippen LogP contribution in [0.2, 0.25) is 0 Å². The van der Waals surface area contributed by atoms with Crippen LogP contribution in [-0.2, 0) is 11.8 Å². The number of benzene rings is 2. The number of nitrogens with one attached hydrogen (secondary N) is 1. The van der Waals surface area contributed by atoms with Crippen LogP contribution >= 0.6 is 0 Å². The van der Waals surface area contributed by atoms with E-state index in [4.69, 9.17) is 9.47 Å². The average molecular weight is 368 g/mol. The SMILES string of the molecule is COc1cc(OC)c2cc(C(=O)NC(C(=O)O)c3ccccc3)n(C)c2c1. The summed E-state index contributed by atoms with van der Waals surface area (Å²) >= 11 is 0. The molecule has 0 aliphatic rings. The van der Waals surface area contributed by atoms with Gasteiger partial charge in [0.25, 0.3) is 5.91 Å². The van der Waals surface area contributed by atoms with Crippen molar-refractivity contribution in [2.24, 2.45) is 7.05 Å². The molecule has 1 aromatic heterocycles. The molecule has 3 aromatic rings. The molecule has 0 fully saturated rings. The summed E-state index contributed by atoms with van der Waals surface area (Å²) < 4.78 is 12.3. The first-order valence-corrected chi connectivity index (χ1v) is 8.26. The van der Waals surface area contributed by atoms with Crippen molar-refractivity contribution in [2.75, 3.05) is 14.2 Å². The maximum Gasteiger partial charge on any atom is 0.330 e. The zero-order chi connectivity index (χ0) is 19.6. The van der Waals surface area contributed by atoms with Gasteiger partial charge in [-0.05, 0) is 11.6 Å². The van der Waals surface area contributed by atoms with Gasteiger partial charge in [-0.15, -0.1) is 0 Å². The Morgan fingerprint density at radius 1 is 1.07 bits per heavy atom. The molecule has 7 heteroatoms. The molecule has 1 atom stereocenters. The minimum atomic E-state index is -1.15. The van der Waals surface area contributed by atoms with Crippen LogP contribution in [0.3, 0.4) is 0 Å². The zero-order valence-corrected chi connectivity index (χ0v) is 15.2. The van der Waals surface area contributed by atoms with E-state index in [1.54, 1.807) is 67.3 Å². The van der Waals surface area contributed by atoms with Crippen molar-refractivity contribution in [1.82, 2.24) is 9.88 Å². The first-order chi connectivity index (χ1) is 13.0. The van der Waals surface area contributed by atoms with Crippen molar-refractivity contribution in [1.29, 1.82) is 0 Å². The first kappa shape index (κ1) is 18.3.